The average Bonchev–Trinajstić information content (AvgIpc) is 3.39. The van der Waals surface area contributed by atoms with Crippen molar-refractivity contribution in [3.8, 4) is 17.1 Å². The van der Waals surface area contributed by atoms with Crippen molar-refractivity contribution in [3.05, 3.63) is 95.2 Å². The monoisotopic (exact) mass is 609 g/mol. The molecular weight excluding hydrogens is 581 g/mol. The molecule has 6 rings (SSSR count). The first-order valence-corrected chi connectivity index (χ1v) is 14.0. The van der Waals surface area contributed by atoms with Gasteiger partial charge in [0.25, 0.3) is 0 Å². The number of imidazole rings is 1. The summed E-state index contributed by atoms with van der Waals surface area (Å²) in [6.45, 7) is 4.70. The summed E-state index contributed by atoms with van der Waals surface area (Å²) in [5.41, 5.74) is 4.18. The van der Waals surface area contributed by atoms with Gasteiger partial charge in [0.1, 0.15) is 18.3 Å². The first kappa shape index (κ1) is 29.1. The van der Waals surface area contributed by atoms with Gasteiger partial charge < -0.3 is 15.3 Å². The summed E-state index contributed by atoms with van der Waals surface area (Å²) < 4.78 is 2.04. The maximum absolute atomic E-state index is 10.9. The lowest BCUT2D eigenvalue weighted by molar-refractivity contribution is 0.0720. The largest absolute Gasteiger partial charge is 0.390 e. The highest BCUT2D eigenvalue weighted by Gasteiger charge is 2.29. The summed E-state index contributed by atoms with van der Waals surface area (Å²) in [7, 11) is 0. The number of piperazine rings is 1. The number of aliphatic hydroxyl groups excluding tert-OH is 1. The SMILES string of the molecule is CC(O)C(Nc1ncnc2c1nc(-c1ccccc1)n2-c1ccccc1)N1CCN(c2cccc(Cl)c2Cl)CC1.Cl. The Labute approximate surface area is 255 Å². The number of nitrogens with one attached hydrogen (secondary N) is 1. The van der Waals surface area contributed by atoms with Crippen LogP contribution in [0.3, 0.4) is 0 Å². The van der Waals surface area contributed by atoms with Gasteiger partial charge in [0, 0.05) is 37.4 Å². The fraction of sp³-hybridized carbons (Fsp3) is 0.233. The normalized spacial score (nSPS) is 15.4. The van der Waals surface area contributed by atoms with Crippen molar-refractivity contribution in [1.29, 1.82) is 0 Å². The molecule has 1 saturated heterocycles. The molecule has 2 unspecified atom stereocenters. The third-order valence-corrected chi connectivity index (χ3v) is 8.02. The number of fused-ring (bicyclic) bond motifs is 1. The Kier molecular flexibility index (Phi) is 8.97. The van der Waals surface area contributed by atoms with Crippen LogP contribution in [0.2, 0.25) is 10.0 Å². The molecule has 0 spiro atoms. The number of aromatic nitrogens is 4. The van der Waals surface area contributed by atoms with E-state index in [0.717, 1.165) is 35.9 Å². The van der Waals surface area contributed by atoms with E-state index in [2.05, 4.69) is 25.1 Å². The molecule has 3 heterocycles. The molecule has 2 N–H and O–H groups in total. The zero-order chi connectivity index (χ0) is 27.6. The molecule has 41 heavy (non-hydrogen) atoms. The molecule has 0 bridgehead atoms. The maximum Gasteiger partial charge on any atom is 0.170 e. The van der Waals surface area contributed by atoms with Crippen molar-refractivity contribution < 1.29 is 5.11 Å². The number of rotatable bonds is 7. The summed E-state index contributed by atoms with van der Waals surface area (Å²) in [6, 6.07) is 25.8. The van der Waals surface area contributed by atoms with Crippen LogP contribution < -0.4 is 10.2 Å². The second-order valence-electron chi connectivity index (χ2n) is 9.79. The first-order chi connectivity index (χ1) is 19.5. The van der Waals surface area contributed by atoms with Crippen LogP contribution in [0.25, 0.3) is 28.2 Å². The molecule has 8 nitrogen and oxygen atoms in total. The van der Waals surface area contributed by atoms with Gasteiger partial charge in [0.05, 0.1) is 21.8 Å². The molecule has 2 aromatic heterocycles. The molecule has 0 saturated carbocycles. The van der Waals surface area contributed by atoms with Crippen molar-refractivity contribution in [1.82, 2.24) is 24.4 Å². The van der Waals surface area contributed by atoms with Crippen molar-refractivity contribution >= 4 is 58.3 Å². The Balaban J connectivity index is 0.00000337. The van der Waals surface area contributed by atoms with Crippen LogP contribution in [0.4, 0.5) is 11.5 Å². The maximum atomic E-state index is 10.9. The molecule has 5 aromatic rings. The van der Waals surface area contributed by atoms with Crippen LogP contribution in [0.15, 0.2) is 85.2 Å². The van der Waals surface area contributed by atoms with Gasteiger partial charge in [-0.2, -0.15) is 0 Å². The van der Waals surface area contributed by atoms with Gasteiger partial charge in [-0.15, -0.1) is 12.4 Å². The Hall–Kier alpha value is -3.40. The van der Waals surface area contributed by atoms with E-state index in [4.69, 9.17) is 28.2 Å². The van der Waals surface area contributed by atoms with E-state index < -0.39 is 6.10 Å². The van der Waals surface area contributed by atoms with Crippen LogP contribution in [0.5, 0.6) is 0 Å². The molecule has 1 fully saturated rings. The minimum absolute atomic E-state index is 0. The van der Waals surface area contributed by atoms with Crippen LogP contribution in [0.1, 0.15) is 6.92 Å². The van der Waals surface area contributed by atoms with Gasteiger partial charge in [-0.3, -0.25) is 9.47 Å². The zero-order valence-corrected chi connectivity index (χ0v) is 24.7. The zero-order valence-electron chi connectivity index (χ0n) is 22.4. The summed E-state index contributed by atoms with van der Waals surface area (Å²) in [6.07, 6.45) is 0.493. The van der Waals surface area contributed by atoms with Crippen molar-refractivity contribution in [2.45, 2.75) is 19.2 Å². The van der Waals surface area contributed by atoms with E-state index in [1.54, 1.807) is 19.3 Å². The number of hydrogen-bond acceptors (Lipinski definition) is 7. The molecule has 0 amide bonds. The van der Waals surface area contributed by atoms with Gasteiger partial charge in [-0.1, -0.05) is 77.8 Å². The van der Waals surface area contributed by atoms with E-state index in [1.165, 1.54) is 0 Å². The minimum atomic E-state index is -0.670. The number of benzene rings is 3. The smallest absolute Gasteiger partial charge is 0.170 e. The molecule has 11 heteroatoms. The molecule has 0 aliphatic carbocycles. The lowest BCUT2D eigenvalue weighted by Gasteiger charge is -2.41. The number of nitrogens with zero attached hydrogens (tertiary/aromatic N) is 6. The van der Waals surface area contributed by atoms with Crippen molar-refractivity contribution in [3.63, 3.8) is 0 Å². The van der Waals surface area contributed by atoms with Gasteiger partial charge >= 0.3 is 0 Å². The molecule has 2 atom stereocenters. The number of aliphatic hydroxyl groups is 1. The van der Waals surface area contributed by atoms with Crippen LogP contribution >= 0.6 is 35.6 Å². The van der Waals surface area contributed by atoms with Crippen LogP contribution in [0, 0.1) is 0 Å². The van der Waals surface area contributed by atoms with Gasteiger partial charge in [-0.25, -0.2) is 15.0 Å². The fourth-order valence-corrected chi connectivity index (χ4v) is 5.65. The number of para-hydroxylation sites is 1. The van der Waals surface area contributed by atoms with E-state index in [0.29, 0.717) is 40.1 Å². The predicted molar refractivity (Wildman–Crippen MR) is 169 cm³/mol. The van der Waals surface area contributed by atoms with Gasteiger partial charge in [0.2, 0.25) is 0 Å². The van der Waals surface area contributed by atoms with Crippen molar-refractivity contribution in [2.75, 3.05) is 36.4 Å². The van der Waals surface area contributed by atoms with Crippen LogP contribution in [-0.2, 0) is 0 Å². The predicted octanol–water partition coefficient (Wildman–Crippen LogP) is 6.15. The average molecular weight is 611 g/mol. The summed E-state index contributed by atoms with van der Waals surface area (Å²) >= 11 is 12.7. The van der Waals surface area contributed by atoms with Crippen LogP contribution in [-0.4, -0.2) is 68.0 Å². The molecule has 1 aliphatic rings. The molecular formula is C30H30Cl3N7O. The molecule has 0 radical (unpaired) electrons. The highest BCUT2D eigenvalue weighted by molar-refractivity contribution is 6.43. The number of hydrogen-bond donors (Lipinski definition) is 2. The third-order valence-electron chi connectivity index (χ3n) is 7.21. The molecule has 3 aromatic carbocycles. The number of halogens is 3. The highest BCUT2D eigenvalue weighted by Crippen LogP contribution is 2.34. The standard InChI is InChI=1S/C30H29Cl2N7O.ClH/c1-20(40)28(38-17-15-37(16-18-38)24-14-8-13-23(31)25(24)32)36-27-26-30(34-19-33-27)39(22-11-6-3-7-12-22)29(35-26)21-9-4-2-5-10-21;/h2-14,19-20,28,40H,15-18H2,1H3,(H,33,34,36);1H. The topological polar surface area (TPSA) is 82.3 Å². The van der Waals surface area contributed by atoms with Gasteiger partial charge in [-0.05, 0) is 31.2 Å². The second-order valence-corrected chi connectivity index (χ2v) is 10.6. The Morgan fingerprint density at radius 2 is 1.54 bits per heavy atom. The Morgan fingerprint density at radius 3 is 2.22 bits per heavy atom. The Morgan fingerprint density at radius 1 is 0.854 bits per heavy atom. The van der Waals surface area contributed by atoms with E-state index in [-0.39, 0.29) is 18.6 Å². The summed E-state index contributed by atoms with van der Waals surface area (Å²) in [5, 5.41) is 15.5. The lowest BCUT2D eigenvalue weighted by Crippen LogP contribution is -2.56. The first-order valence-electron chi connectivity index (χ1n) is 13.2. The minimum Gasteiger partial charge on any atom is -0.390 e. The third kappa shape index (κ3) is 5.84. The second kappa shape index (κ2) is 12.6. The summed E-state index contributed by atoms with van der Waals surface area (Å²) in [4.78, 5) is 18.7. The highest BCUT2D eigenvalue weighted by atomic mass is 35.5. The van der Waals surface area contributed by atoms with Gasteiger partial charge in [0.15, 0.2) is 17.0 Å². The number of anilines is 2. The van der Waals surface area contributed by atoms with Crippen molar-refractivity contribution in [2.24, 2.45) is 0 Å². The Bertz CT molecular complexity index is 1610. The van der Waals surface area contributed by atoms with E-state index in [1.807, 2.05) is 77.4 Å². The van der Waals surface area contributed by atoms with E-state index >= 15 is 0 Å². The molecule has 1 aliphatic heterocycles. The fourth-order valence-electron chi connectivity index (χ4n) is 5.24. The lowest BCUT2D eigenvalue weighted by atomic mass is 10.2. The van der Waals surface area contributed by atoms with E-state index in [9.17, 15) is 5.11 Å². The molecule has 212 valence electrons. The summed E-state index contributed by atoms with van der Waals surface area (Å²) in [5.74, 6) is 1.34. The quantitative estimate of drug-likeness (QED) is 0.229.